The van der Waals surface area contributed by atoms with E-state index in [2.05, 4.69) is 10.6 Å². The maximum absolute atomic E-state index is 13.3. The molecule has 2 heterocycles. The van der Waals surface area contributed by atoms with Crippen molar-refractivity contribution in [3.63, 3.8) is 0 Å². The number of hydrogen-bond acceptors (Lipinski definition) is 7. The average Bonchev–Trinajstić information content (AvgIpc) is 3.62. The lowest BCUT2D eigenvalue weighted by atomic mass is 9.99. The molecular formula is C33H32N4O5. The number of nitrogens with two attached hydrogens (primary N) is 1. The molecule has 0 spiro atoms. The molecule has 5 rings (SSSR count). The molecule has 1 aliphatic rings. The van der Waals surface area contributed by atoms with E-state index in [-0.39, 0.29) is 30.7 Å². The van der Waals surface area contributed by atoms with E-state index in [1.807, 2.05) is 68.4 Å². The zero-order chi connectivity index (χ0) is 29.9. The van der Waals surface area contributed by atoms with Crippen molar-refractivity contribution in [2.24, 2.45) is 5.73 Å². The van der Waals surface area contributed by atoms with Gasteiger partial charge in [-0.05, 0) is 74.9 Å². The van der Waals surface area contributed by atoms with Gasteiger partial charge in [0.25, 0.3) is 11.8 Å². The number of furan rings is 1. The molecule has 4 aromatic rings. The molecule has 0 atom stereocenters. The fraction of sp³-hybridized carbons (Fsp3) is 0.182. The number of amides is 2. The van der Waals surface area contributed by atoms with Crippen molar-refractivity contribution in [3.8, 4) is 0 Å². The number of ether oxygens (including phenoxy) is 1. The van der Waals surface area contributed by atoms with E-state index in [0.29, 0.717) is 39.5 Å². The van der Waals surface area contributed by atoms with Gasteiger partial charge in [0.05, 0.1) is 35.4 Å². The molecule has 9 heteroatoms. The zero-order valence-electron chi connectivity index (χ0n) is 23.6. The van der Waals surface area contributed by atoms with Crippen LogP contribution >= 0.6 is 0 Å². The zero-order valence-corrected chi connectivity index (χ0v) is 23.6. The van der Waals surface area contributed by atoms with Crippen molar-refractivity contribution in [1.82, 2.24) is 0 Å². The number of rotatable bonds is 9. The molecule has 0 bridgehead atoms. The lowest BCUT2D eigenvalue weighted by Crippen LogP contribution is -2.47. The van der Waals surface area contributed by atoms with Crippen molar-refractivity contribution >= 4 is 46.1 Å². The van der Waals surface area contributed by atoms with Crippen LogP contribution in [-0.2, 0) is 9.53 Å². The lowest BCUT2D eigenvalue weighted by Gasteiger charge is -2.29. The largest absolute Gasteiger partial charge is 0.462 e. The van der Waals surface area contributed by atoms with Gasteiger partial charge in [0.1, 0.15) is 0 Å². The van der Waals surface area contributed by atoms with E-state index in [1.165, 1.54) is 6.26 Å². The monoisotopic (exact) mass is 564 g/mol. The Kier molecular flexibility index (Phi) is 7.95. The number of fused-ring (bicyclic) bond motifs is 1. The standard InChI is InChI=1S/C33H32N4O5/c1-4-41-32(40)22-12-17-25-26(19-22)36-30(38)28(25)29(21-9-6-5-7-10-21)35-23-13-15-24(16-14-23)37(20-33(2,3)34)31(39)27-11-8-18-42-27/h5-19,35H,4,20,34H2,1-3H3,(H,36,38). The summed E-state index contributed by atoms with van der Waals surface area (Å²) in [6, 6.07) is 25.1. The van der Waals surface area contributed by atoms with Crippen molar-refractivity contribution in [3.05, 3.63) is 114 Å². The van der Waals surface area contributed by atoms with E-state index in [4.69, 9.17) is 14.9 Å². The first-order valence-electron chi connectivity index (χ1n) is 13.6. The number of hydrogen-bond donors (Lipinski definition) is 3. The predicted octanol–water partition coefficient (Wildman–Crippen LogP) is 5.77. The summed E-state index contributed by atoms with van der Waals surface area (Å²) >= 11 is 0. The minimum absolute atomic E-state index is 0.217. The third kappa shape index (κ3) is 6.11. The smallest absolute Gasteiger partial charge is 0.338 e. The summed E-state index contributed by atoms with van der Waals surface area (Å²) in [6.45, 7) is 5.97. The van der Waals surface area contributed by atoms with Crippen LogP contribution in [0.2, 0.25) is 0 Å². The molecule has 0 saturated heterocycles. The van der Waals surface area contributed by atoms with Crippen molar-refractivity contribution < 1.29 is 23.5 Å². The molecule has 0 fully saturated rings. The Morgan fingerprint density at radius 1 is 0.976 bits per heavy atom. The van der Waals surface area contributed by atoms with Gasteiger partial charge in [0.15, 0.2) is 5.76 Å². The molecule has 9 nitrogen and oxygen atoms in total. The number of nitrogens with one attached hydrogen (secondary N) is 2. The van der Waals surface area contributed by atoms with E-state index in [0.717, 1.165) is 5.56 Å². The maximum atomic E-state index is 13.3. The van der Waals surface area contributed by atoms with Crippen LogP contribution in [-0.4, -0.2) is 36.5 Å². The van der Waals surface area contributed by atoms with Gasteiger partial charge in [-0.1, -0.05) is 36.4 Å². The normalized spacial score (nSPS) is 13.7. The fourth-order valence-electron chi connectivity index (χ4n) is 4.74. The maximum Gasteiger partial charge on any atom is 0.338 e. The molecule has 214 valence electrons. The Labute approximate surface area is 244 Å². The van der Waals surface area contributed by atoms with E-state index in [9.17, 15) is 14.4 Å². The van der Waals surface area contributed by atoms with Gasteiger partial charge in [-0.2, -0.15) is 0 Å². The quantitative estimate of drug-likeness (QED) is 0.174. The van der Waals surface area contributed by atoms with Crippen molar-refractivity contribution in [2.45, 2.75) is 26.3 Å². The summed E-state index contributed by atoms with van der Waals surface area (Å²) in [6.07, 6.45) is 1.46. The molecule has 2 amide bonds. The molecule has 4 N–H and O–H groups in total. The van der Waals surface area contributed by atoms with Gasteiger partial charge in [0.2, 0.25) is 0 Å². The Morgan fingerprint density at radius 3 is 2.36 bits per heavy atom. The highest BCUT2D eigenvalue weighted by Gasteiger charge is 2.30. The van der Waals surface area contributed by atoms with Crippen LogP contribution in [0.15, 0.2) is 95.6 Å². The van der Waals surface area contributed by atoms with E-state index >= 15 is 0 Å². The number of esters is 1. The van der Waals surface area contributed by atoms with Crippen LogP contribution < -0.4 is 21.3 Å². The summed E-state index contributed by atoms with van der Waals surface area (Å²) in [7, 11) is 0. The first-order chi connectivity index (χ1) is 20.1. The van der Waals surface area contributed by atoms with Gasteiger partial charge in [-0.3, -0.25) is 9.59 Å². The second kappa shape index (κ2) is 11.8. The van der Waals surface area contributed by atoms with Gasteiger partial charge >= 0.3 is 5.97 Å². The van der Waals surface area contributed by atoms with Crippen LogP contribution in [0.4, 0.5) is 17.1 Å². The third-order valence-electron chi connectivity index (χ3n) is 6.58. The highest BCUT2D eigenvalue weighted by atomic mass is 16.5. The summed E-state index contributed by atoms with van der Waals surface area (Å²) in [5.41, 5.74) is 10.4. The number of nitrogens with zero attached hydrogens (tertiary/aromatic N) is 1. The van der Waals surface area contributed by atoms with Gasteiger partial charge < -0.3 is 30.4 Å². The summed E-state index contributed by atoms with van der Waals surface area (Å²) in [5, 5.41) is 6.30. The minimum Gasteiger partial charge on any atom is -0.462 e. The average molecular weight is 565 g/mol. The van der Waals surface area contributed by atoms with Crippen LogP contribution in [0.25, 0.3) is 11.3 Å². The molecule has 3 aromatic carbocycles. The molecule has 0 aliphatic carbocycles. The van der Waals surface area contributed by atoms with Crippen molar-refractivity contribution in [2.75, 3.05) is 28.7 Å². The Hall–Kier alpha value is -5.15. The first kappa shape index (κ1) is 28.4. The fourth-order valence-corrected chi connectivity index (χ4v) is 4.74. The second-order valence-corrected chi connectivity index (χ2v) is 10.6. The van der Waals surface area contributed by atoms with Gasteiger partial charge in [0, 0.05) is 29.0 Å². The van der Waals surface area contributed by atoms with E-state index in [1.54, 1.807) is 42.2 Å². The van der Waals surface area contributed by atoms with E-state index < -0.39 is 11.5 Å². The van der Waals surface area contributed by atoms with Crippen LogP contribution in [0.3, 0.4) is 0 Å². The summed E-state index contributed by atoms with van der Waals surface area (Å²) in [4.78, 5) is 40.4. The molecule has 0 radical (unpaired) electrons. The number of carbonyl (C=O) groups excluding carboxylic acids is 3. The summed E-state index contributed by atoms with van der Waals surface area (Å²) in [5.74, 6) is -0.831. The minimum atomic E-state index is -0.652. The number of anilines is 3. The number of benzene rings is 3. The predicted molar refractivity (Wildman–Crippen MR) is 163 cm³/mol. The van der Waals surface area contributed by atoms with Crippen LogP contribution in [0, 0.1) is 0 Å². The SMILES string of the molecule is CCOC(=O)c1ccc2c(c1)NC(=O)C2=C(Nc1ccc(N(CC(C)(C)N)C(=O)c2ccco2)cc1)c1ccccc1. The molecule has 0 saturated carbocycles. The topological polar surface area (TPSA) is 127 Å². The molecule has 1 aliphatic heterocycles. The number of carbonyl (C=O) groups is 3. The van der Waals surface area contributed by atoms with Crippen LogP contribution in [0.5, 0.6) is 0 Å². The Morgan fingerprint density at radius 2 is 1.71 bits per heavy atom. The van der Waals surface area contributed by atoms with Crippen molar-refractivity contribution in [1.29, 1.82) is 0 Å². The second-order valence-electron chi connectivity index (χ2n) is 10.6. The third-order valence-corrected chi connectivity index (χ3v) is 6.58. The molecule has 0 unspecified atom stereocenters. The Balaban J connectivity index is 1.51. The highest BCUT2D eigenvalue weighted by Crippen LogP contribution is 2.38. The lowest BCUT2D eigenvalue weighted by molar-refractivity contribution is -0.110. The molecule has 42 heavy (non-hydrogen) atoms. The van der Waals surface area contributed by atoms with Gasteiger partial charge in [-0.25, -0.2) is 4.79 Å². The molecule has 1 aromatic heterocycles. The molecular weight excluding hydrogens is 532 g/mol. The Bertz CT molecular complexity index is 1640. The summed E-state index contributed by atoms with van der Waals surface area (Å²) < 4.78 is 10.5. The van der Waals surface area contributed by atoms with Crippen LogP contribution in [0.1, 0.15) is 52.8 Å². The first-order valence-corrected chi connectivity index (χ1v) is 13.6. The van der Waals surface area contributed by atoms with Gasteiger partial charge in [-0.15, -0.1) is 0 Å². The highest BCUT2D eigenvalue weighted by molar-refractivity contribution is 6.37.